The highest BCUT2D eigenvalue weighted by atomic mass is 19.1. The van der Waals surface area contributed by atoms with Crippen LogP contribution in [0.5, 0.6) is 0 Å². The number of carbonyl (C=O) groups excluding carboxylic acids is 2. The minimum absolute atomic E-state index is 0.0164. The topological polar surface area (TPSA) is 79.7 Å². The third-order valence-electron chi connectivity index (χ3n) is 8.47. The van der Waals surface area contributed by atoms with Crippen molar-refractivity contribution in [3.05, 3.63) is 52.9 Å². The number of nitrogens with one attached hydrogen (secondary N) is 1. The molecule has 3 aliphatic rings. The second kappa shape index (κ2) is 10.8. The number of rotatable bonds is 7. The monoisotopic (exact) mass is 511 g/mol. The third-order valence-corrected chi connectivity index (χ3v) is 8.47. The Morgan fingerprint density at radius 3 is 2.65 bits per heavy atom. The Kier molecular flexibility index (Phi) is 7.51. The Morgan fingerprint density at radius 1 is 1.22 bits per heavy atom. The van der Waals surface area contributed by atoms with E-state index in [9.17, 15) is 14.0 Å². The summed E-state index contributed by atoms with van der Waals surface area (Å²) in [4.78, 5) is 33.7. The van der Waals surface area contributed by atoms with Crippen LogP contribution in [-0.2, 0) is 22.5 Å². The Balaban J connectivity index is 1.28. The van der Waals surface area contributed by atoms with Crippen molar-refractivity contribution in [1.29, 1.82) is 0 Å². The van der Waals surface area contributed by atoms with Gasteiger partial charge in [-0.15, -0.1) is 0 Å². The fraction of sp³-hybridized carbons (Fsp3) is 0.607. The highest BCUT2D eigenvalue weighted by Crippen LogP contribution is 2.43. The van der Waals surface area contributed by atoms with E-state index >= 15 is 0 Å². The second-order valence-corrected chi connectivity index (χ2v) is 10.6. The highest BCUT2D eigenvalue weighted by molar-refractivity contribution is 5.76. The van der Waals surface area contributed by atoms with Gasteiger partial charge in [-0.05, 0) is 56.7 Å². The summed E-state index contributed by atoms with van der Waals surface area (Å²) in [5, 5.41) is 3.10. The maximum atomic E-state index is 13.9. The molecule has 1 aromatic heterocycles. The van der Waals surface area contributed by atoms with Gasteiger partial charge >= 0.3 is 6.09 Å². The number of hydrogen-bond donors (Lipinski definition) is 1. The summed E-state index contributed by atoms with van der Waals surface area (Å²) >= 11 is 0. The molecule has 2 aromatic rings. The van der Waals surface area contributed by atoms with Crippen LogP contribution in [0.3, 0.4) is 0 Å². The lowest BCUT2D eigenvalue weighted by molar-refractivity contribution is -0.121. The van der Waals surface area contributed by atoms with Crippen LogP contribution >= 0.6 is 0 Å². The van der Waals surface area contributed by atoms with Gasteiger partial charge in [0.15, 0.2) is 0 Å². The summed E-state index contributed by atoms with van der Waals surface area (Å²) in [5.41, 5.74) is 3.08. The summed E-state index contributed by atoms with van der Waals surface area (Å²) in [6, 6.07) is 7.67. The van der Waals surface area contributed by atoms with Crippen molar-refractivity contribution >= 4 is 12.0 Å². The van der Waals surface area contributed by atoms with E-state index in [0.717, 1.165) is 67.8 Å². The number of amides is 2. The molecule has 0 spiro atoms. The van der Waals surface area contributed by atoms with Gasteiger partial charge in [0.05, 0.1) is 31.1 Å². The second-order valence-electron chi connectivity index (χ2n) is 10.6. The zero-order valence-electron chi connectivity index (χ0n) is 22.1. The first kappa shape index (κ1) is 25.7. The van der Waals surface area contributed by atoms with E-state index in [0.29, 0.717) is 37.6 Å². The van der Waals surface area contributed by atoms with Crippen LogP contribution in [0.2, 0.25) is 0 Å². The molecule has 5 rings (SSSR count). The first-order valence-electron chi connectivity index (χ1n) is 13.6. The number of aromatic nitrogens is 2. The molecule has 1 aromatic carbocycles. The van der Waals surface area contributed by atoms with Gasteiger partial charge in [0.1, 0.15) is 11.6 Å². The molecule has 9 heteroatoms. The molecule has 2 fully saturated rings. The summed E-state index contributed by atoms with van der Waals surface area (Å²) in [7, 11) is 1.43. The van der Waals surface area contributed by atoms with E-state index in [-0.39, 0.29) is 23.9 Å². The molecule has 37 heavy (non-hydrogen) atoms. The zero-order valence-corrected chi connectivity index (χ0v) is 22.1. The first-order chi connectivity index (χ1) is 17.9. The molecule has 0 saturated carbocycles. The van der Waals surface area contributed by atoms with E-state index in [2.05, 4.69) is 21.7 Å². The normalized spacial score (nSPS) is 24.0. The van der Waals surface area contributed by atoms with Gasteiger partial charge < -0.3 is 19.5 Å². The van der Waals surface area contributed by atoms with Crippen molar-refractivity contribution in [1.82, 2.24) is 24.7 Å². The van der Waals surface area contributed by atoms with Gasteiger partial charge in [0, 0.05) is 44.1 Å². The summed E-state index contributed by atoms with van der Waals surface area (Å²) in [6.07, 6.45) is 6.05. The number of nitrogens with zero attached hydrogens (tertiary/aromatic N) is 4. The number of benzene rings is 1. The highest BCUT2D eigenvalue weighted by Gasteiger charge is 2.42. The molecule has 2 bridgehead atoms. The molecule has 0 radical (unpaired) electrons. The molecular formula is C28H38FN5O3. The van der Waals surface area contributed by atoms with Gasteiger partial charge in [0.25, 0.3) is 0 Å². The number of fused-ring (bicyclic) bond motifs is 3. The third kappa shape index (κ3) is 5.23. The van der Waals surface area contributed by atoms with Gasteiger partial charge in [-0.2, -0.15) is 0 Å². The maximum absolute atomic E-state index is 13.9. The maximum Gasteiger partial charge on any atom is 0.409 e. The standard InChI is InChI=1S/C28H38FN5O3/c1-4-27(35)31-24(19-6-5-7-20(29)14-19)11-13-33-21-8-9-22(33)16-23(15-21)34-18(2)30-25-10-12-32(17-26(25)34)28(36)37-3/h5-7,14,21-24H,4,8-13,15-17H2,1-3H3,(H,31,35)/t21?,22?,23?,24-/m0/s1. The van der Waals surface area contributed by atoms with Crippen molar-refractivity contribution in [2.75, 3.05) is 20.2 Å². The van der Waals surface area contributed by atoms with Crippen molar-refractivity contribution in [2.24, 2.45) is 0 Å². The molecule has 2 amide bonds. The molecule has 2 unspecified atom stereocenters. The van der Waals surface area contributed by atoms with Crippen molar-refractivity contribution < 1.29 is 18.7 Å². The van der Waals surface area contributed by atoms with Crippen LogP contribution in [0.25, 0.3) is 0 Å². The van der Waals surface area contributed by atoms with Crippen LogP contribution in [0.15, 0.2) is 24.3 Å². The zero-order chi connectivity index (χ0) is 26.1. The smallest absolute Gasteiger partial charge is 0.409 e. The van der Waals surface area contributed by atoms with E-state index in [1.807, 2.05) is 13.0 Å². The number of methoxy groups -OCH3 is 1. The number of halogens is 1. The summed E-state index contributed by atoms with van der Waals surface area (Å²) in [6.45, 7) is 5.97. The van der Waals surface area contributed by atoms with Crippen LogP contribution in [0, 0.1) is 12.7 Å². The van der Waals surface area contributed by atoms with Gasteiger partial charge in [-0.3, -0.25) is 9.69 Å². The van der Waals surface area contributed by atoms with Crippen molar-refractivity contribution in [3.8, 4) is 0 Å². The predicted octanol–water partition coefficient (Wildman–Crippen LogP) is 4.28. The average Bonchev–Trinajstić information content (AvgIpc) is 3.35. The number of hydrogen-bond acceptors (Lipinski definition) is 5. The van der Waals surface area contributed by atoms with Gasteiger partial charge in [-0.25, -0.2) is 14.2 Å². The van der Waals surface area contributed by atoms with Gasteiger partial charge in [0.2, 0.25) is 5.91 Å². The number of imidazole rings is 1. The lowest BCUT2D eigenvalue weighted by Gasteiger charge is -2.41. The van der Waals surface area contributed by atoms with Crippen LogP contribution in [0.1, 0.15) is 80.3 Å². The lowest BCUT2D eigenvalue weighted by Crippen LogP contribution is -2.45. The van der Waals surface area contributed by atoms with E-state index < -0.39 is 0 Å². The molecular weight excluding hydrogens is 473 g/mol. The SMILES string of the molecule is CCC(=O)N[C@@H](CCN1C2CCC1CC(n1c(C)nc3c1CN(C(=O)OC)CC3)C2)c1cccc(F)c1. The molecule has 200 valence electrons. The lowest BCUT2D eigenvalue weighted by atomic mass is 9.95. The fourth-order valence-corrected chi connectivity index (χ4v) is 6.73. The number of aryl methyl sites for hydroxylation is 1. The van der Waals surface area contributed by atoms with Crippen molar-refractivity contribution in [2.45, 2.75) is 89.5 Å². The quantitative estimate of drug-likeness (QED) is 0.600. The molecule has 4 heterocycles. The molecule has 2 saturated heterocycles. The largest absolute Gasteiger partial charge is 0.453 e. The van der Waals surface area contributed by atoms with Crippen molar-refractivity contribution in [3.63, 3.8) is 0 Å². The number of piperidine rings is 1. The minimum atomic E-state index is -0.283. The van der Waals surface area contributed by atoms with Crippen LogP contribution < -0.4 is 5.32 Å². The predicted molar refractivity (Wildman–Crippen MR) is 137 cm³/mol. The minimum Gasteiger partial charge on any atom is -0.453 e. The van der Waals surface area contributed by atoms with Gasteiger partial charge in [-0.1, -0.05) is 19.1 Å². The van der Waals surface area contributed by atoms with E-state index in [4.69, 9.17) is 9.72 Å². The molecule has 1 N–H and O–H groups in total. The summed E-state index contributed by atoms with van der Waals surface area (Å²) in [5.74, 6) is 0.735. The Hall–Kier alpha value is -2.94. The first-order valence-corrected chi connectivity index (χ1v) is 13.6. The molecule has 0 aliphatic carbocycles. The Labute approximate surface area is 218 Å². The van der Waals surface area contributed by atoms with Crippen LogP contribution in [-0.4, -0.2) is 63.6 Å². The molecule has 3 atom stereocenters. The molecule has 8 nitrogen and oxygen atoms in total. The Bertz CT molecular complexity index is 1140. The van der Waals surface area contributed by atoms with Crippen LogP contribution in [0.4, 0.5) is 9.18 Å². The molecule has 3 aliphatic heterocycles. The van der Waals surface area contributed by atoms with E-state index in [1.54, 1.807) is 11.0 Å². The Morgan fingerprint density at radius 2 is 1.97 bits per heavy atom. The fourth-order valence-electron chi connectivity index (χ4n) is 6.73. The van der Waals surface area contributed by atoms with E-state index in [1.165, 1.54) is 19.2 Å². The average molecular weight is 512 g/mol. The number of carbonyl (C=O) groups is 2. The summed E-state index contributed by atoms with van der Waals surface area (Å²) < 4.78 is 21.3. The number of ether oxygens (including phenoxy) is 1.